The van der Waals surface area contributed by atoms with Gasteiger partial charge in [-0.05, 0) is 52.9 Å². The zero-order valence-electron chi connectivity index (χ0n) is 16.5. The second kappa shape index (κ2) is 6.71. The largest absolute Gasteiger partial charge is 0.497 e. The Balaban J connectivity index is 2.03. The molecule has 2 aromatic heterocycles. The summed E-state index contributed by atoms with van der Waals surface area (Å²) in [5.41, 5.74) is 5.19. The fourth-order valence-electron chi connectivity index (χ4n) is 3.51. The van der Waals surface area contributed by atoms with Crippen LogP contribution in [0.1, 0.15) is 26.3 Å². The average molecular weight is 373 g/mol. The highest BCUT2D eigenvalue weighted by Gasteiger charge is 2.23. The number of methoxy groups -OCH3 is 1. The molecule has 1 N–H and O–H groups in total. The van der Waals surface area contributed by atoms with E-state index in [4.69, 9.17) is 9.15 Å². The van der Waals surface area contributed by atoms with Crippen LogP contribution in [0.15, 0.2) is 70.2 Å². The molecule has 4 aromatic rings. The SMILES string of the molecule is COc1cccc(-c2coc3c(C(C)(C)C)cc(-c4ccc[nH]c4=O)cc23)c1. The van der Waals surface area contributed by atoms with E-state index in [2.05, 4.69) is 31.8 Å². The molecule has 2 aromatic carbocycles. The van der Waals surface area contributed by atoms with Crippen molar-refractivity contribution in [2.75, 3.05) is 7.11 Å². The molecular weight excluding hydrogens is 350 g/mol. The maximum absolute atomic E-state index is 12.4. The van der Waals surface area contributed by atoms with Gasteiger partial charge in [0, 0.05) is 28.3 Å². The second-order valence-electron chi connectivity index (χ2n) is 7.94. The molecule has 0 saturated heterocycles. The lowest BCUT2D eigenvalue weighted by Gasteiger charge is -2.20. The highest BCUT2D eigenvalue weighted by molar-refractivity contribution is 5.98. The van der Waals surface area contributed by atoms with E-state index >= 15 is 0 Å². The quantitative estimate of drug-likeness (QED) is 0.497. The molecule has 142 valence electrons. The number of pyridine rings is 1. The first kappa shape index (κ1) is 18.1. The molecular formula is C24H23NO3. The Morgan fingerprint density at radius 2 is 1.79 bits per heavy atom. The van der Waals surface area contributed by atoms with Crippen molar-refractivity contribution in [3.05, 3.63) is 76.9 Å². The summed E-state index contributed by atoms with van der Waals surface area (Å²) in [6, 6.07) is 15.7. The number of ether oxygens (including phenoxy) is 1. The fraction of sp³-hybridized carbons (Fsp3) is 0.208. The molecule has 4 rings (SSSR count). The van der Waals surface area contributed by atoms with Crippen molar-refractivity contribution in [2.45, 2.75) is 26.2 Å². The number of hydrogen-bond acceptors (Lipinski definition) is 3. The summed E-state index contributed by atoms with van der Waals surface area (Å²) < 4.78 is 11.4. The van der Waals surface area contributed by atoms with Crippen molar-refractivity contribution >= 4 is 11.0 Å². The lowest BCUT2D eigenvalue weighted by Crippen LogP contribution is -2.13. The summed E-state index contributed by atoms with van der Waals surface area (Å²) in [6.07, 6.45) is 3.43. The Hall–Kier alpha value is -3.27. The van der Waals surface area contributed by atoms with Crippen LogP contribution < -0.4 is 10.3 Å². The molecule has 0 saturated carbocycles. The molecule has 0 spiro atoms. The lowest BCUT2D eigenvalue weighted by atomic mass is 9.83. The molecule has 0 bridgehead atoms. The van der Waals surface area contributed by atoms with Crippen molar-refractivity contribution in [3.63, 3.8) is 0 Å². The van der Waals surface area contributed by atoms with Gasteiger partial charge in [-0.15, -0.1) is 0 Å². The second-order valence-corrected chi connectivity index (χ2v) is 7.94. The highest BCUT2D eigenvalue weighted by atomic mass is 16.5. The summed E-state index contributed by atoms with van der Waals surface area (Å²) in [4.78, 5) is 15.2. The van der Waals surface area contributed by atoms with Crippen molar-refractivity contribution in [3.8, 4) is 28.0 Å². The van der Waals surface area contributed by atoms with Crippen LogP contribution in [0.25, 0.3) is 33.2 Å². The molecule has 0 unspecified atom stereocenters. The fourth-order valence-corrected chi connectivity index (χ4v) is 3.51. The first-order valence-electron chi connectivity index (χ1n) is 9.27. The Morgan fingerprint density at radius 3 is 2.50 bits per heavy atom. The molecule has 0 atom stereocenters. The van der Waals surface area contributed by atoms with Crippen molar-refractivity contribution < 1.29 is 9.15 Å². The van der Waals surface area contributed by atoms with Crippen LogP contribution in [0.3, 0.4) is 0 Å². The molecule has 0 aliphatic carbocycles. The maximum Gasteiger partial charge on any atom is 0.255 e. The Morgan fingerprint density at radius 1 is 0.964 bits per heavy atom. The van der Waals surface area contributed by atoms with Crippen LogP contribution in [-0.4, -0.2) is 12.1 Å². The Labute approximate surface area is 163 Å². The predicted octanol–water partition coefficient (Wildman–Crippen LogP) is 5.76. The topological polar surface area (TPSA) is 55.2 Å². The van der Waals surface area contributed by atoms with Gasteiger partial charge in [-0.25, -0.2) is 0 Å². The van der Waals surface area contributed by atoms with Crippen molar-refractivity contribution in [1.82, 2.24) is 4.98 Å². The molecule has 0 aliphatic heterocycles. The van der Waals surface area contributed by atoms with E-state index in [9.17, 15) is 4.79 Å². The lowest BCUT2D eigenvalue weighted by molar-refractivity contribution is 0.415. The zero-order valence-corrected chi connectivity index (χ0v) is 16.5. The summed E-state index contributed by atoms with van der Waals surface area (Å²) in [5, 5.41) is 0.985. The number of aromatic amines is 1. The smallest absolute Gasteiger partial charge is 0.255 e. The molecule has 28 heavy (non-hydrogen) atoms. The molecule has 4 heteroatoms. The van der Waals surface area contributed by atoms with Gasteiger partial charge < -0.3 is 14.1 Å². The van der Waals surface area contributed by atoms with Gasteiger partial charge in [0.05, 0.1) is 13.4 Å². The number of hydrogen-bond donors (Lipinski definition) is 1. The van der Waals surface area contributed by atoms with Gasteiger partial charge in [0.25, 0.3) is 5.56 Å². The summed E-state index contributed by atoms with van der Waals surface area (Å²) >= 11 is 0. The minimum absolute atomic E-state index is 0.104. The van der Waals surface area contributed by atoms with Gasteiger partial charge in [-0.2, -0.15) is 0 Å². The number of fused-ring (bicyclic) bond motifs is 1. The number of aromatic nitrogens is 1. The first-order valence-corrected chi connectivity index (χ1v) is 9.27. The van der Waals surface area contributed by atoms with Crippen molar-refractivity contribution in [1.29, 1.82) is 0 Å². The normalized spacial score (nSPS) is 11.7. The van der Waals surface area contributed by atoms with Gasteiger partial charge in [-0.3, -0.25) is 4.79 Å². The molecule has 0 amide bonds. The third kappa shape index (κ3) is 3.11. The van der Waals surface area contributed by atoms with Gasteiger partial charge in [0.15, 0.2) is 0 Å². The highest BCUT2D eigenvalue weighted by Crippen LogP contribution is 2.40. The Kier molecular flexibility index (Phi) is 4.34. The van der Waals surface area contributed by atoms with E-state index in [-0.39, 0.29) is 11.0 Å². The van der Waals surface area contributed by atoms with E-state index in [1.54, 1.807) is 19.6 Å². The molecule has 0 radical (unpaired) electrons. The van der Waals surface area contributed by atoms with E-state index in [1.807, 2.05) is 42.5 Å². The third-order valence-corrected chi connectivity index (χ3v) is 4.99. The number of furan rings is 1. The third-order valence-electron chi connectivity index (χ3n) is 4.99. The minimum atomic E-state index is -0.140. The van der Waals surface area contributed by atoms with Crippen LogP contribution in [0.5, 0.6) is 5.75 Å². The number of benzene rings is 2. The standard InChI is InChI=1S/C24H23NO3/c1-24(2,3)21-13-16(18-9-6-10-25-23(18)26)12-19-20(14-28-22(19)21)15-7-5-8-17(11-15)27-4/h5-14H,1-4H3,(H,25,26). The van der Waals surface area contributed by atoms with Crippen LogP contribution in [0, 0.1) is 0 Å². The van der Waals surface area contributed by atoms with Crippen LogP contribution in [-0.2, 0) is 5.41 Å². The van der Waals surface area contributed by atoms with Gasteiger partial charge in [0.2, 0.25) is 0 Å². The molecule has 0 aliphatic rings. The van der Waals surface area contributed by atoms with Gasteiger partial charge >= 0.3 is 0 Å². The summed E-state index contributed by atoms with van der Waals surface area (Å²) in [6.45, 7) is 6.44. The van der Waals surface area contributed by atoms with Crippen LogP contribution in [0.2, 0.25) is 0 Å². The number of nitrogens with one attached hydrogen (secondary N) is 1. The van der Waals surface area contributed by atoms with Gasteiger partial charge in [-0.1, -0.05) is 32.9 Å². The number of H-pyrrole nitrogens is 1. The van der Waals surface area contributed by atoms with Crippen LogP contribution in [0.4, 0.5) is 0 Å². The Bertz CT molecular complexity index is 1210. The average Bonchev–Trinajstić information content (AvgIpc) is 3.10. The number of rotatable bonds is 3. The summed E-state index contributed by atoms with van der Waals surface area (Å²) in [7, 11) is 1.66. The maximum atomic E-state index is 12.4. The molecule has 0 fully saturated rings. The van der Waals surface area contributed by atoms with E-state index in [0.717, 1.165) is 39.0 Å². The monoisotopic (exact) mass is 373 g/mol. The zero-order chi connectivity index (χ0) is 19.9. The van der Waals surface area contributed by atoms with E-state index in [1.165, 1.54) is 0 Å². The first-order chi connectivity index (χ1) is 13.4. The van der Waals surface area contributed by atoms with Crippen LogP contribution >= 0.6 is 0 Å². The molecule has 4 nitrogen and oxygen atoms in total. The predicted molar refractivity (Wildman–Crippen MR) is 113 cm³/mol. The van der Waals surface area contributed by atoms with Crippen molar-refractivity contribution in [2.24, 2.45) is 0 Å². The van der Waals surface area contributed by atoms with E-state index in [0.29, 0.717) is 5.56 Å². The molecule has 2 heterocycles. The van der Waals surface area contributed by atoms with E-state index < -0.39 is 0 Å². The van der Waals surface area contributed by atoms with Gasteiger partial charge in [0.1, 0.15) is 11.3 Å². The summed E-state index contributed by atoms with van der Waals surface area (Å²) in [5.74, 6) is 0.790. The minimum Gasteiger partial charge on any atom is -0.497 e.